The van der Waals surface area contributed by atoms with Crippen molar-refractivity contribution >= 4 is 5.97 Å². The zero-order chi connectivity index (χ0) is 15.5. The summed E-state index contributed by atoms with van der Waals surface area (Å²) in [4.78, 5) is 10.9. The molecule has 0 spiro atoms. The minimum absolute atomic E-state index is 0.328. The molecular formula is C18H26O3. The highest BCUT2D eigenvalue weighted by atomic mass is 16.5. The molecule has 0 saturated heterocycles. The Labute approximate surface area is 127 Å². The Morgan fingerprint density at radius 3 is 2.62 bits per heavy atom. The predicted octanol–water partition coefficient (Wildman–Crippen LogP) is 4.99. The highest BCUT2D eigenvalue weighted by Gasteiger charge is 2.07. The van der Waals surface area contributed by atoms with Crippen molar-refractivity contribution in [2.45, 2.75) is 52.4 Å². The van der Waals surface area contributed by atoms with Crippen LogP contribution in [0.25, 0.3) is 0 Å². The Morgan fingerprint density at radius 2 is 1.95 bits per heavy atom. The van der Waals surface area contributed by atoms with Gasteiger partial charge in [-0.25, -0.2) is 4.79 Å². The van der Waals surface area contributed by atoms with Gasteiger partial charge in [-0.1, -0.05) is 38.3 Å². The first-order valence-corrected chi connectivity index (χ1v) is 7.77. The van der Waals surface area contributed by atoms with Crippen LogP contribution in [0.15, 0.2) is 30.4 Å². The second kappa shape index (κ2) is 10.0. The third-order valence-corrected chi connectivity index (χ3v) is 3.37. The Hall–Kier alpha value is -1.77. The van der Waals surface area contributed by atoms with Gasteiger partial charge in [-0.2, -0.15) is 0 Å². The maximum Gasteiger partial charge on any atom is 0.335 e. The first-order valence-electron chi connectivity index (χ1n) is 7.77. The molecule has 0 bridgehead atoms. The molecule has 1 aromatic rings. The van der Waals surface area contributed by atoms with Gasteiger partial charge in [-0.15, -0.1) is 0 Å². The molecule has 0 aliphatic rings. The maximum absolute atomic E-state index is 10.9. The standard InChI is InChI=1S/C18H26O3/c1-3-4-5-6-7-8-9-10-13-21-16-11-12-17(18(19)20)15(2)14-16/h8-9,11-12,14H,3-7,10,13H2,1-2H3,(H,19,20). The number of hydrogen-bond donors (Lipinski definition) is 1. The third kappa shape index (κ3) is 6.98. The van der Waals surface area contributed by atoms with Gasteiger partial charge in [0.2, 0.25) is 0 Å². The fraction of sp³-hybridized carbons (Fsp3) is 0.500. The van der Waals surface area contributed by atoms with E-state index in [1.165, 1.54) is 25.7 Å². The van der Waals surface area contributed by atoms with E-state index in [4.69, 9.17) is 9.84 Å². The molecule has 0 fully saturated rings. The molecule has 0 heterocycles. The van der Waals surface area contributed by atoms with Gasteiger partial charge in [0, 0.05) is 0 Å². The number of allylic oxidation sites excluding steroid dienone is 1. The lowest BCUT2D eigenvalue weighted by Gasteiger charge is -2.07. The van der Waals surface area contributed by atoms with E-state index in [1.807, 2.05) is 0 Å². The monoisotopic (exact) mass is 290 g/mol. The van der Waals surface area contributed by atoms with Gasteiger partial charge in [0.25, 0.3) is 0 Å². The molecule has 21 heavy (non-hydrogen) atoms. The Balaban J connectivity index is 2.22. The van der Waals surface area contributed by atoms with E-state index in [0.717, 1.165) is 24.2 Å². The number of unbranched alkanes of at least 4 members (excludes halogenated alkanes) is 4. The molecule has 0 aliphatic carbocycles. The molecule has 0 radical (unpaired) electrons. The number of ether oxygens (including phenoxy) is 1. The summed E-state index contributed by atoms with van der Waals surface area (Å²) in [5, 5.41) is 8.96. The molecule has 0 amide bonds. The van der Waals surface area contributed by atoms with Gasteiger partial charge in [0.05, 0.1) is 12.2 Å². The SMILES string of the molecule is CCCCCCC=CCCOc1ccc(C(=O)O)c(C)c1. The molecule has 0 aromatic heterocycles. The fourth-order valence-corrected chi connectivity index (χ4v) is 2.14. The van der Waals surface area contributed by atoms with Crippen LogP contribution in [0.2, 0.25) is 0 Å². The van der Waals surface area contributed by atoms with Crippen LogP contribution in [0.5, 0.6) is 5.75 Å². The number of benzene rings is 1. The zero-order valence-corrected chi connectivity index (χ0v) is 13.1. The lowest BCUT2D eigenvalue weighted by Crippen LogP contribution is -2.01. The van der Waals surface area contributed by atoms with Crippen LogP contribution in [0.4, 0.5) is 0 Å². The van der Waals surface area contributed by atoms with Crippen molar-refractivity contribution in [3.8, 4) is 5.75 Å². The number of carboxylic acid groups (broad SMARTS) is 1. The van der Waals surface area contributed by atoms with E-state index in [2.05, 4.69) is 19.1 Å². The van der Waals surface area contributed by atoms with Crippen molar-refractivity contribution in [2.24, 2.45) is 0 Å². The maximum atomic E-state index is 10.9. The average molecular weight is 290 g/mol. The zero-order valence-electron chi connectivity index (χ0n) is 13.1. The average Bonchev–Trinajstić information content (AvgIpc) is 2.45. The van der Waals surface area contributed by atoms with E-state index in [0.29, 0.717) is 12.2 Å². The Morgan fingerprint density at radius 1 is 1.19 bits per heavy atom. The van der Waals surface area contributed by atoms with Crippen molar-refractivity contribution in [2.75, 3.05) is 6.61 Å². The number of rotatable bonds is 10. The quantitative estimate of drug-likeness (QED) is 0.488. The van der Waals surface area contributed by atoms with E-state index in [9.17, 15) is 4.79 Å². The van der Waals surface area contributed by atoms with Gasteiger partial charge in [-0.05, 0) is 49.9 Å². The van der Waals surface area contributed by atoms with Crippen molar-refractivity contribution in [3.63, 3.8) is 0 Å². The van der Waals surface area contributed by atoms with Crippen LogP contribution in [0.1, 0.15) is 61.4 Å². The summed E-state index contributed by atoms with van der Waals surface area (Å²) in [6, 6.07) is 5.08. The van der Waals surface area contributed by atoms with Crippen molar-refractivity contribution in [3.05, 3.63) is 41.5 Å². The molecule has 1 N–H and O–H groups in total. The molecule has 0 aliphatic heterocycles. The predicted molar refractivity (Wildman–Crippen MR) is 86.1 cm³/mol. The lowest BCUT2D eigenvalue weighted by molar-refractivity contribution is 0.0696. The van der Waals surface area contributed by atoms with Crippen molar-refractivity contribution in [1.29, 1.82) is 0 Å². The minimum Gasteiger partial charge on any atom is -0.493 e. The van der Waals surface area contributed by atoms with Crippen LogP contribution >= 0.6 is 0 Å². The summed E-state index contributed by atoms with van der Waals surface area (Å²) in [5.41, 5.74) is 1.06. The fourth-order valence-electron chi connectivity index (χ4n) is 2.14. The van der Waals surface area contributed by atoms with Gasteiger partial charge in [0.15, 0.2) is 0 Å². The number of aromatic carboxylic acids is 1. The largest absolute Gasteiger partial charge is 0.493 e. The minimum atomic E-state index is -0.898. The molecule has 116 valence electrons. The van der Waals surface area contributed by atoms with Crippen LogP contribution in [-0.4, -0.2) is 17.7 Å². The summed E-state index contributed by atoms with van der Waals surface area (Å²) in [6.45, 7) is 4.63. The normalized spacial score (nSPS) is 11.0. The lowest BCUT2D eigenvalue weighted by atomic mass is 10.1. The van der Waals surface area contributed by atoms with Crippen LogP contribution in [0, 0.1) is 6.92 Å². The van der Waals surface area contributed by atoms with Crippen LogP contribution in [0.3, 0.4) is 0 Å². The third-order valence-electron chi connectivity index (χ3n) is 3.37. The Kier molecular flexibility index (Phi) is 8.25. The van der Waals surface area contributed by atoms with Crippen LogP contribution in [-0.2, 0) is 0 Å². The van der Waals surface area contributed by atoms with Crippen molar-refractivity contribution < 1.29 is 14.6 Å². The van der Waals surface area contributed by atoms with E-state index >= 15 is 0 Å². The van der Waals surface area contributed by atoms with Gasteiger partial charge >= 0.3 is 5.97 Å². The Bertz CT molecular complexity index is 464. The van der Waals surface area contributed by atoms with Gasteiger partial charge in [0.1, 0.15) is 5.75 Å². The number of hydrogen-bond acceptors (Lipinski definition) is 2. The first kappa shape index (κ1) is 17.3. The second-order valence-corrected chi connectivity index (χ2v) is 5.24. The van der Waals surface area contributed by atoms with E-state index in [1.54, 1.807) is 25.1 Å². The summed E-state index contributed by atoms with van der Waals surface area (Å²) in [6.07, 6.45) is 11.6. The molecule has 3 nitrogen and oxygen atoms in total. The molecule has 3 heteroatoms. The molecule has 1 aromatic carbocycles. The topological polar surface area (TPSA) is 46.5 Å². The van der Waals surface area contributed by atoms with E-state index in [-0.39, 0.29) is 0 Å². The highest BCUT2D eigenvalue weighted by molar-refractivity contribution is 5.89. The summed E-state index contributed by atoms with van der Waals surface area (Å²) >= 11 is 0. The molecular weight excluding hydrogens is 264 g/mol. The molecule has 0 unspecified atom stereocenters. The summed E-state index contributed by atoms with van der Waals surface area (Å²) < 4.78 is 5.62. The van der Waals surface area contributed by atoms with Gasteiger partial charge < -0.3 is 9.84 Å². The van der Waals surface area contributed by atoms with Gasteiger partial charge in [-0.3, -0.25) is 0 Å². The summed E-state index contributed by atoms with van der Waals surface area (Å²) in [7, 11) is 0. The number of carboxylic acids is 1. The highest BCUT2D eigenvalue weighted by Crippen LogP contribution is 2.17. The summed E-state index contributed by atoms with van der Waals surface area (Å²) in [5.74, 6) is -0.168. The molecule has 0 atom stereocenters. The van der Waals surface area contributed by atoms with Crippen molar-refractivity contribution in [1.82, 2.24) is 0 Å². The first-order chi connectivity index (χ1) is 10.1. The number of aryl methyl sites for hydroxylation is 1. The van der Waals surface area contributed by atoms with E-state index < -0.39 is 5.97 Å². The number of carbonyl (C=O) groups is 1. The second-order valence-electron chi connectivity index (χ2n) is 5.24. The smallest absolute Gasteiger partial charge is 0.335 e. The van der Waals surface area contributed by atoms with Crippen LogP contribution < -0.4 is 4.74 Å². The molecule has 0 saturated carbocycles. The molecule has 1 rings (SSSR count).